The summed E-state index contributed by atoms with van der Waals surface area (Å²) < 4.78 is 11.3. The number of nitrogens with one attached hydrogen (secondary N) is 1. The monoisotopic (exact) mass is 473 g/mol. The summed E-state index contributed by atoms with van der Waals surface area (Å²) in [4.78, 5) is 37.3. The first kappa shape index (κ1) is 25.7. The van der Waals surface area contributed by atoms with Crippen LogP contribution in [0.3, 0.4) is 0 Å². The van der Waals surface area contributed by atoms with Crippen LogP contribution >= 0.6 is 0 Å². The second-order valence-electron chi connectivity index (χ2n) is 8.44. The normalized spacial score (nSPS) is 11.4. The molecule has 1 atom stereocenters. The number of Topliss-reactive ketones (excluding diaryl/α,β-unsaturated/α-hetero) is 1. The first-order valence-corrected chi connectivity index (χ1v) is 11.8. The number of ketones is 1. The van der Waals surface area contributed by atoms with Crippen LogP contribution < -0.4 is 10.1 Å². The Kier molecular flexibility index (Phi) is 9.18. The summed E-state index contributed by atoms with van der Waals surface area (Å²) in [7, 11) is 0. The van der Waals surface area contributed by atoms with E-state index in [1.54, 1.807) is 48.5 Å². The minimum Gasteiger partial charge on any atom is -0.457 e. The van der Waals surface area contributed by atoms with E-state index in [2.05, 4.69) is 5.32 Å². The average molecular weight is 474 g/mol. The Balaban J connectivity index is 1.48. The topological polar surface area (TPSA) is 81.7 Å². The lowest BCUT2D eigenvalue weighted by atomic mass is 10.0. The van der Waals surface area contributed by atoms with E-state index in [1.165, 1.54) is 0 Å². The molecule has 0 saturated carbocycles. The smallest absolute Gasteiger partial charge is 0.307 e. The van der Waals surface area contributed by atoms with Crippen molar-refractivity contribution in [3.63, 3.8) is 0 Å². The summed E-state index contributed by atoms with van der Waals surface area (Å²) in [6.45, 7) is 5.91. The Bertz CT molecular complexity index is 1160. The van der Waals surface area contributed by atoms with Crippen LogP contribution in [0.25, 0.3) is 0 Å². The second kappa shape index (κ2) is 12.5. The van der Waals surface area contributed by atoms with Gasteiger partial charge in [0, 0.05) is 17.7 Å². The molecule has 0 aromatic heterocycles. The zero-order valence-corrected chi connectivity index (χ0v) is 20.4. The van der Waals surface area contributed by atoms with E-state index >= 15 is 0 Å². The number of aryl methyl sites for hydroxylation is 2. The van der Waals surface area contributed by atoms with Crippen LogP contribution in [0.4, 0.5) is 5.69 Å². The lowest BCUT2D eigenvalue weighted by molar-refractivity contribution is -0.148. The van der Waals surface area contributed by atoms with Crippen molar-refractivity contribution in [3.05, 3.63) is 89.5 Å². The highest BCUT2D eigenvalue weighted by molar-refractivity contribution is 6.00. The highest BCUT2D eigenvalue weighted by atomic mass is 16.5. The number of ether oxygens (including phenoxy) is 2. The fraction of sp³-hybridized carbons (Fsp3) is 0.276. The van der Waals surface area contributed by atoms with E-state index in [4.69, 9.17) is 9.47 Å². The molecule has 6 heteroatoms. The van der Waals surface area contributed by atoms with Crippen LogP contribution in [0, 0.1) is 13.8 Å². The quantitative estimate of drug-likeness (QED) is 0.257. The third-order valence-corrected chi connectivity index (χ3v) is 5.44. The first-order chi connectivity index (χ1) is 16.9. The van der Waals surface area contributed by atoms with Crippen molar-refractivity contribution in [1.82, 2.24) is 0 Å². The van der Waals surface area contributed by atoms with Gasteiger partial charge in [0.05, 0.1) is 6.42 Å². The molecule has 1 N–H and O–H groups in total. The Morgan fingerprint density at radius 2 is 1.60 bits per heavy atom. The minimum atomic E-state index is -0.845. The van der Waals surface area contributed by atoms with E-state index in [1.807, 2.05) is 45.0 Å². The number of hydrogen-bond acceptors (Lipinski definition) is 5. The maximum atomic E-state index is 12.7. The molecule has 0 radical (unpaired) electrons. The molecule has 0 aliphatic heterocycles. The first-order valence-electron chi connectivity index (χ1n) is 11.8. The Labute approximate surface area is 206 Å². The van der Waals surface area contributed by atoms with Crippen LogP contribution in [-0.2, 0) is 14.3 Å². The van der Waals surface area contributed by atoms with E-state index in [9.17, 15) is 14.4 Å². The van der Waals surface area contributed by atoms with E-state index in [0.717, 1.165) is 16.9 Å². The molecule has 0 spiro atoms. The van der Waals surface area contributed by atoms with E-state index in [-0.39, 0.29) is 24.5 Å². The summed E-state index contributed by atoms with van der Waals surface area (Å²) >= 11 is 0. The number of carbonyl (C=O) groups excluding carboxylic acids is 3. The highest BCUT2D eigenvalue weighted by Gasteiger charge is 2.23. The highest BCUT2D eigenvalue weighted by Crippen LogP contribution is 2.27. The summed E-state index contributed by atoms with van der Waals surface area (Å²) in [5.74, 6) is 0.331. The molecule has 1 unspecified atom stereocenters. The van der Waals surface area contributed by atoms with Gasteiger partial charge >= 0.3 is 5.97 Å². The molecular weight excluding hydrogens is 442 g/mol. The average Bonchev–Trinajstić information content (AvgIpc) is 2.86. The molecule has 35 heavy (non-hydrogen) atoms. The molecule has 0 fully saturated rings. The van der Waals surface area contributed by atoms with Crippen LogP contribution in [-0.4, -0.2) is 23.8 Å². The lowest BCUT2D eigenvalue weighted by Gasteiger charge is -2.16. The predicted molar refractivity (Wildman–Crippen MR) is 136 cm³/mol. The number of benzene rings is 3. The summed E-state index contributed by atoms with van der Waals surface area (Å²) in [6.07, 6.45) is 0.130. The number of rotatable bonds is 11. The summed E-state index contributed by atoms with van der Waals surface area (Å²) in [5, 5.41) is 2.77. The Morgan fingerprint density at radius 1 is 0.886 bits per heavy atom. The van der Waals surface area contributed by atoms with Crippen molar-refractivity contribution in [2.45, 2.75) is 52.6 Å². The van der Waals surface area contributed by atoms with Crippen molar-refractivity contribution in [3.8, 4) is 11.5 Å². The molecule has 3 aromatic rings. The molecule has 0 bridgehead atoms. The lowest BCUT2D eigenvalue weighted by Crippen LogP contribution is -2.28. The largest absolute Gasteiger partial charge is 0.457 e. The molecule has 0 aliphatic carbocycles. The van der Waals surface area contributed by atoms with Crippen molar-refractivity contribution in [2.24, 2.45) is 0 Å². The molecule has 182 valence electrons. The number of hydrogen-bond donors (Lipinski definition) is 1. The summed E-state index contributed by atoms with van der Waals surface area (Å²) in [5.41, 5.74) is 3.24. The fourth-order valence-corrected chi connectivity index (χ4v) is 3.50. The number of esters is 1. The zero-order valence-electron chi connectivity index (χ0n) is 20.4. The van der Waals surface area contributed by atoms with Gasteiger partial charge in [0.2, 0.25) is 11.7 Å². The fourth-order valence-electron chi connectivity index (χ4n) is 3.50. The standard InChI is InChI=1S/C29H31NO5/c1-4-8-25(29(33)22-9-6-5-7-10-22)35-28(32)18-17-27(31)30-23-13-15-24(16-14-23)34-26-19-20(2)11-12-21(26)3/h5-7,9-16,19,25H,4,8,17-18H2,1-3H3,(H,30,31). The molecule has 3 aromatic carbocycles. The molecule has 0 aliphatic rings. The van der Waals surface area contributed by atoms with Gasteiger partial charge in [0.1, 0.15) is 11.5 Å². The van der Waals surface area contributed by atoms with Gasteiger partial charge in [-0.25, -0.2) is 0 Å². The third-order valence-electron chi connectivity index (χ3n) is 5.44. The van der Waals surface area contributed by atoms with Crippen molar-refractivity contribution in [1.29, 1.82) is 0 Å². The van der Waals surface area contributed by atoms with Gasteiger partial charge in [-0.1, -0.05) is 55.8 Å². The molecule has 1 amide bonds. The number of anilines is 1. The maximum absolute atomic E-state index is 12.7. The van der Waals surface area contributed by atoms with Gasteiger partial charge in [0.15, 0.2) is 6.10 Å². The third kappa shape index (κ3) is 7.81. The van der Waals surface area contributed by atoms with E-state index < -0.39 is 12.1 Å². The van der Waals surface area contributed by atoms with Gasteiger partial charge in [-0.15, -0.1) is 0 Å². The predicted octanol–water partition coefficient (Wildman–Crippen LogP) is 6.41. The van der Waals surface area contributed by atoms with Crippen LogP contribution in [0.1, 0.15) is 54.1 Å². The molecule has 6 nitrogen and oxygen atoms in total. The van der Waals surface area contributed by atoms with Gasteiger partial charge in [-0.05, 0) is 61.7 Å². The second-order valence-corrected chi connectivity index (χ2v) is 8.44. The van der Waals surface area contributed by atoms with Crippen molar-refractivity contribution < 1.29 is 23.9 Å². The number of carbonyl (C=O) groups is 3. The van der Waals surface area contributed by atoms with Crippen LogP contribution in [0.15, 0.2) is 72.8 Å². The van der Waals surface area contributed by atoms with E-state index in [0.29, 0.717) is 29.8 Å². The zero-order chi connectivity index (χ0) is 25.2. The SMILES string of the molecule is CCCC(OC(=O)CCC(=O)Nc1ccc(Oc2cc(C)ccc2C)cc1)C(=O)c1ccccc1. The molecular formula is C29H31NO5. The van der Waals surface area contributed by atoms with Crippen LogP contribution in [0.5, 0.6) is 11.5 Å². The van der Waals surface area contributed by atoms with Gasteiger partial charge in [0.25, 0.3) is 0 Å². The molecule has 3 rings (SSSR count). The van der Waals surface area contributed by atoms with Crippen molar-refractivity contribution >= 4 is 23.3 Å². The Hall–Kier alpha value is -3.93. The minimum absolute atomic E-state index is 0.0437. The van der Waals surface area contributed by atoms with Gasteiger partial charge < -0.3 is 14.8 Å². The van der Waals surface area contributed by atoms with Crippen molar-refractivity contribution in [2.75, 3.05) is 5.32 Å². The Morgan fingerprint density at radius 3 is 2.29 bits per heavy atom. The maximum Gasteiger partial charge on any atom is 0.307 e. The van der Waals surface area contributed by atoms with Gasteiger partial charge in [-0.2, -0.15) is 0 Å². The number of amides is 1. The van der Waals surface area contributed by atoms with Crippen LogP contribution in [0.2, 0.25) is 0 Å². The van der Waals surface area contributed by atoms with Gasteiger partial charge in [-0.3, -0.25) is 14.4 Å². The molecule has 0 saturated heterocycles. The molecule has 0 heterocycles. The summed E-state index contributed by atoms with van der Waals surface area (Å²) in [6, 6.07) is 21.8.